The fourth-order valence-corrected chi connectivity index (χ4v) is 2.98. The molecule has 0 saturated carbocycles. The standard InChI is InChI=1S/C16H26N2O2/c1-4-13-11-18(16(19)5-2)9-8-15(13)17-10-14-7-6-12(3)20-14/h6-7,13,15,17H,4-5,8-11H2,1-3H3/t13-,15-/m1/s1. The van der Waals surface area contributed by atoms with E-state index in [4.69, 9.17) is 4.42 Å². The number of nitrogens with one attached hydrogen (secondary N) is 1. The molecule has 4 nitrogen and oxygen atoms in total. The lowest BCUT2D eigenvalue weighted by Gasteiger charge is -2.38. The number of hydrogen-bond donors (Lipinski definition) is 1. The molecule has 2 rings (SSSR count). The maximum absolute atomic E-state index is 11.8. The van der Waals surface area contributed by atoms with Crippen molar-refractivity contribution in [2.45, 2.75) is 52.6 Å². The van der Waals surface area contributed by atoms with Gasteiger partial charge in [-0.1, -0.05) is 20.3 Å². The lowest BCUT2D eigenvalue weighted by Crippen LogP contribution is -2.50. The highest BCUT2D eigenvalue weighted by molar-refractivity contribution is 5.75. The van der Waals surface area contributed by atoms with Crippen molar-refractivity contribution in [1.29, 1.82) is 0 Å². The summed E-state index contributed by atoms with van der Waals surface area (Å²) < 4.78 is 5.59. The second-order valence-electron chi connectivity index (χ2n) is 5.65. The van der Waals surface area contributed by atoms with Crippen LogP contribution in [0.4, 0.5) is 0 Å². The molecule has 1 aliphatic heterocycles. The van der Waals surface area contributed by atoms with Crippen molar-refractivity contribution in [3.05, 3.63) is 23.7 Å². The molecule has 0 aliphatic carbocycles. The van der Waals surface area contributed by atoms with E-state index in [9.17, 15) is 4.79 Å². The van der Waals surface area contributed by atoms with E-state index in [1.807, 2.05) is 30.9 Å². The quantitative estimate of drug-likeness (QED) is 0.900. The van der Waals surface area contributed by atoms with Crippen LogP contribution >= 0.6 is 0 Å². The van der Waals surface area contributed by atoms with Gasteiger partial charge in [0, 0.05) is 25.6 Å². The molecular formula is C16H26N2O2. The molecule has 1 aromatic heterocycles. The number of amides is 1. The summed E-state index contributed by atoms with van der Waals surface area (Å²) in [6.07, 6.45) is 2.74. The largest absolute Gasteiger partial charge is 0.465 e. The van der Waals surface area contributed by atoms with Crippen molar-refractivity contribution in [2.24, 2.45) is 5.92 Å². The van der Waals surface area contributed by atoms with Crippen LogP contribution in [0.2, 0.25) is 0 Å². The van der Waals surface area contributed by atoms with Crippen molar-refractivity contribution in [2.75, 3.05) is 13.1 Å². The minimum atomic E-state index is 0.281. The monoisotopic (exact) mass is 278 g/mol. The summed E-state index contributed by atoms with van der Waals surface area (Å²) in [6, 6.07) is 4.50. The molecule has 1 amide bonds. The molecule has 0 radical (unpaired) electrons. The van der Waals surface area contributed by atoms with E-state index < -0.39 is 0 Å². The zero-order valence-electron chi connectivity index (χ0n) is 12.8. The maximum atomic E-state index is 11.8. The first kappa shape index (κ1) is 15.1. The van der Waals surface area contributed by atoms with E-state index in [-0.39, 0.29) is 5.91 Å². The van der Waals surface area contributed by atoms with Gasteiger partial charge in [-0.15, -0.1) is 0 Å². The molecule has 0 spiro atoms. The third-order valence-corrected chi connectivity index (χ3v) is 4.25. The van der Waals surface area contributed by atoms with Crippen LogP contribution in [0.3, 0.4) is 0 Å². The third kappa shape index (κ3) is 3.63. The number of nitrogens with zero attached hydrogens (tertiary/aromatic N) is 1. The van der Waals surface area contributed by atoms with E-state index >= 15 is 0 Å². The number of hydrogen-bond acceptors (Lipinski definition) is 3. The first-order valence-corrected chi connectivity index (χ1v) is 7.70. The van der Waals surface area contributed by atoms with Crippen LogP contribution in [-0.4, -0.2) is 29.9 Å². The van der Waals surface area contributed by atoms with Gasteiger partial charge < -0.3 is 14.6 Å². The van der Waals surface area contributed by atoms with Crippen LogP contribution in [0.1, 0.15) is 44.6 Å². The van der Waals surface area contributed by atoms with Crippen molar-refractivity contribution >= 4 is 5.91 Å². The summed E-state index contributed by atoms with van der Waals surface area (Å²) in [6.45, 7) is 8.64. The second kappa shape index (κ2) is 6.93. The Morgan fingerprint density at radius 3 is 2.85 bits per heavy atom. The van der Waals surface area contributed by atoms with Crippen LogP contribution in [-0.2, 0) is 11.3 Å². The van der Waals surface area contributed by atoms with E-state index in [0.29, 0.717) is 18.4 Å². The van der Waals surface area contributed by atoms with E-state index in [0.717, 1.165) is 44.0 Å². The number of carbonyl (C=O) groups excluding carboxylic acids is 1. The van der Waals surface area contributed by atoms with Crippen molar-refractivity contribution < 1.29 is 9.21 Å². The number of rotatable bonds is 5. The Labute approximate surface area is 121 Å². The van der Waals surface area contributed by atoms with Crippen molar-refractivity contribution in [1.82, 2.24) is 10.2 Å². The first-order chi connectivity index (χ1) is 9.63. The minimum absolute atomic E-state index is 0.281. The fraction of sp³-hybridized carbons (Fsp3) is 0.688. The number of furan rings is 1. The Morgan fingerprint density at radius 1 is 1.45 bits per heavy atom. The minimum Gasteiger partial charge on any atom is -0.465 e. The summed E-state index contributed by atoms with van der Waals surface area (Å²) in [5.41, 5.74) is 0. The predicted octanol–water partition coefficient (Wildman–Crippen LogP) is 2.71. The average molecular weight is 278 g/mol. The van der Waals surface area contributed by atoms with Crippen molar-refractivity contribution in [3.8, 4) is 0 Å². The molecule has 1 saturated heterocycles. The molecule has 0 aromatic carbocycles. The van der Waals surface area contributed by atoms with E-state index in [1.54, 1.807) is 0 Å². The normalized spacial score (nSPS) is 23.1. The van der Waals surface area contributed by atoms with Crippen LogP contribution < -0.4 is 5.32 Å². The molecule has 1 N–H and O–H groups in total. The van der Waals surface area contributed by atoms with Gasteiger partial charge in [0.15, 0.2) is 0 Å². The van der Waals surface area contributed by atoms with E-state index in [1.165, 1.54) is 0 Å². The van der Waals surface area contributed by atoms with Gasteiger partial charge in [-0.05, 0) is 31.4 Å². The zero-order valence-corrected chi connectivity index (χ0v) is 12.8. The molecular weight excluding hydrogens is 252 g/mol. The molecule has 0 bridgehead atoms. The first-order valence-electron chi connectivity index (χ1n) is 7.70. The molecule has 112 valence electrons. The molecule has 2 atom stereocenters. The Kier molecular flexibility index (Phi) is 5.24. The van der Waals surface area contributed by atoms with Gasteiger partial charge in [0.2, 0.25) is 5.91 Å². The zero-order chi connectivity index (χ0) is 14.5. The highest BCUT2D eigenvalue weighted by atomic mass is 16.3. The lowest BCUT2D eigenvalue weighted by atomic mass is 9.89. The number of carbonyl (C=O) groups is 1. The molecule has 20 heavy (non-hydrogen) atoms. The van der Waals surface area contributed by atoms with Gasteiger partial charge in [0.1, 0.15) is 11.5 Å². The smallest absolute Gasteiger partial charge is 0.222 e. The third-order valence-electron chi connectivity index (χ3n) is 4.25. The fourth-order valence-electron chi connectivity index (χ4n) is 2.98. The van der Waals surface area contributed by atoms with Gasteiger partial charge in [0.05, 0.1) is 6.54 Å². The Bertz CT molecular complexity index is 441. The molecule has 1 fully saturated rings. The van der Waals surface area contributed by atoms with Gasteiger partial charge in [-0.25, -0.2) is 0 Å². The van der Waals surface area contributed by atoms with Gasteiger partial charge in [-0.2, -0.15) is 0 Å². The van der Waals surface area contributed by atoms with Gasteiger partial charge in [0.25, 0.3) is 0 Å². The number of piperidine rings is 1. The summed E-state index contributed by atoms with van der Waals surface area (Å²) >= 11 is 0. The van der Waals surface area contributed by atoms with Crippen LogP contribution in [0.15, 0.2) is 16.5 Å². The van der Waals surface area contributed by atoms with E-state index in [2.05, 4.69) is 12.2 Å². The highest BCUT2D eigenvalue weighted by Gasteiger charge is 2.29. The van der Waals surface area contributed by atoms with Crippen LogP contribution in [0.5, 0.6) is 0 Å². The number of aryl methyl sites for hydroxylation is 1. The SMILES string of the molecule is CCC(=O)N1CC[C@@H](NCc2ccc(C)o2)[C@H](CC)C1. The van der Waals surface area contributed by atoms with Crippen molar-refractivity contribution in [3.63, 3.8) is 0 Å². The number of likely N-dealkylation sites (tertiary alicyclic amines) is 1. The Morgan fingerprint density at radius 2 is 2.25 bits per heavy atom. The average Bonchev–Trinajstić information content (AvgIpc) is 2.89. The maximum Gasteiger partial charge on any atom is 0.222 e. The molecule has 1 aromatic rings. The summed E-state index contributed by atoms with van der Waals surface area (Å²) in [7, 11) is 0. The highest BCUT2D eigenvalue weighted by Crippen LogP contribution is 2.21. The lowest BCUT2D eigenvalue weighted by molar-refractivity contribution is -0.133. The summed E-state index contributed by atoms with van der Waals surface area (Å²) in [5.74, 6) is 2.76. The summed E-state index contributed by atoms with van der Waals surface area (Å²) in [4.78, 5) is 13.8. The van der Waals surface area contributed by atoms with Gasteiger partial charge in [-0.3, -0.25) is 4.79 Å². The van der Waals surface area contributed by atoms with Gasteiger partial charge >= 0.3 is 0 Å². The summed E-state index contributed by atoms with van der Waals surface area (Å²) in [5, 5.41) is 3.60. The Hall–Kier alpha value is -1.29. The molecule has 4 heteroatoms. The predicted molar refractivity (Wildman–Crippen MR) is 79.3 cm³/mol. The van der Waals surface area contributed by atoms with Crippen LogP contribution in [0, 0.1) is 12.8 Å². The molecule has 1 aliphatic rings. The molecule has 2 heterocycles. The topological polar surface area (TPSA) is 45.5 Å². The van der Waals surface area contributed by atoms with Crippen LogP contribution in [0.25, 0.3) is 0 Å². The Balaban J connectivity index is 1.87. The second-order valence-corrected chi connectivity index (χ2v) is 5.65. The molecule has 0 unspecified atom stereocenters.